The summed E-state index contributed by atoms with van der Waals surface area (Å²) in [4.78, 5) is 28.5. The second kappa shape index (κ2) is 6.63. The largest absolute Gasteiger partial charge is 0.444 e. The van der Waals surface area contributed by atoms with Crippen LogP contribution in [0.5, 0.6) is 0 Å². The number of hydrogen-bond acceptors (Lipinski definition) is 4. The van der Waals surface area contributed by atoms with Crippen molar-refractivity contribution in [1.82, 2.24) is 4.90 Å². The average Bonchev–Trinajstić information content (AvgIpc) is 3.15. The summed E-state index contributed by atoms with van der Waals surface area (Å²) in [5, 5.41) is 5.13. The fourth-order valence-corrected chi connectivity index (χ4v) is 4.91. The Morgan fingerprint density at radius 3 is 2.60 bits per heavy atom. The number of thiophene rings is 1. The van der Waals surface area contributed by atoms with Crippen LogP contribution >= 0.6 is 11.3 Å². The Labute approximate surface area is 153 Å². The molecule has 3 unspecified atom stereocenters. The van der Waals surface area contributed by atoms with Gasteiger partial charge in [0.05, 0.1) is 5.69 Å². The van der Waals surface area contributed by atoms with E-state index in [0.717, 1.165) is 35.4 Å². The lowest BCUT2D eigenvalue weighted by atomic mass is 9.93. The van der Waals surface area contributed by atoms with E-state index in [1.807, 2.05) is 40.0 Å². The third kappa shape index (κ3) is 3.68. The smallest absolute Gasteiger partial charge is 0.410 e. The highest BCUT2D eigenvalue weighted by atomic mass is 32.1. The molecule has 1 N–H and O–H groups in total. The van der Waals surface area contributed by atoms with Gasteiger partial charge in [-0.05, 0) is 70.2 Å². The number of anilines is 1. The molecule has 5 nitrogen and oxygen atoms in total. The van der Waals surface area contributed by atoms with Gasteiger partial charge >= 0.3 is 6.09 Å². The van der Waals surface area contributed by atoms with Crippen LogP contribution in [0.25, 0.3) is 0 Å². The lowest BCUT2D eigenvalue weighted by molar-refractivity contribution is -0.121. The summed E-state index contributed by atoms with van der Waals surface area (Å²) in [7, 11) is 0. The molecule has 3 rings (SSSR count). The first-order valence-electron chi connectivity index (χ1n) is 9.02. The first-order valence-corrected chi connectivity index (χ1v) is 9.90. The van der Waals surface area contributed by atoms with Crippen molar-refractivity contribution in [2.45, 2.75) is 65.5 Å². The molecule has 2 amide bonds. The van der Waals surface area contributed by atoms with Gasteiger partial charge in [0.2, 0.25) is 5.91 Å². The lowest BCUT2D eigenvalue weighted by Gasteiger charge is -2.30. The van der Waals surface area contributed by atoms with Crippen LogP contribution in [0.3, 0.4) is 0 Å². The van der Waals surface area contributed by atoms with Gasteiger partial charge in [0.1, 0.15) is 11.6 Å². The van der Waals surface area contributed by atoms with Crippen molar-refractivity contribution in [2.24, 2.45) is 11.8 Å². The van der Waals surface area contributed by atoms with Crippen molar-refractivity contribution < 1.29 is 14.3 Å². The molecule has 0 radical (unpaired) electrons. The van der Waals surface area contributed by atoms with Gasteiger partial charge in [0.25, 0.3) is 0 Å². The first-order chi connectivity index (χ1) is 11.7. The summed E-state index contributed by atoms with van der Waals surface area (Å²) in [5.41, 5.74) is 1.40. The predicted octanol–water partition coefficient (Wildman–Crippen LogP) is 4.34. The molecule has 2 aliphatic rings. The van der Waals surface area contributed by atoms with Crippen LogP contribution in [-0.2, 0) is 9.53 Å². The van der Waals surface area contributed by atoms with Gasteiger partial charge in [0, 0.05) is 11.4 Å². The van der Waals surface area contributed by atoms with Gasteiger partial charge < -0.3 is 10.1 Å². The van der Waals surface area contributed by atoms with Crippen LogP contribution in [0.4, 0.5) is 10.5 Å². The van der Waals surface area contributed by atoms with Crippen LogP contribution in [0.1, 0.15) is 50.5 Å². The highest BCUT2D eigenvalue weighted by Crippen LogP contribution is 2.43. The monoisotopic (exact) mass is 364 g/mol. The summed E-state index contributed by atoms with van der Waals surface area (Å²) < 4.78 is 5.56. The maximum absolute atomic E-state index is 13.1. The summed E-state index contributed by atoms with van der Waals surface area (Å²) >= 11 is 1.63. The minimum atomic E-state index is -0.559. The van der Waals surface area contributed by atoms with E-state index in [2.05, 4.69) is 5.32 Å². The number of aryl methyl sites for hydroxylation is 2. The Morgan fingerprint density at radius 2 is 2.00 bits per heavy atom. The van der Waals surface area contributed by atoms with Gasteiger partial charge in [-0.3, -0.25) is 9.69 Å². The molecule has 1 saturated carbocycles. The summed E-state index contributed by atoms with van der Waals surface area (Å²) in [5.74, 6) is 0.574. The standard InChI is InChI=1S/C19H28N2O3S/c1-11-10-25-12(2)15(11)20-17(22)16-14-8-6-7-13(14)9-21(16)18(23)24-19(3,4)5/h10,13-14,16H,6-9H2,1-5H3,(H,20,22). The fraction of sp³-hybridized carbons (Fsp3) is 0.684. The van der Waals surface area contributed by atoms with Crippen molar-refractivity contribution in [3.8, 4) is 0 Å². The molecule has 0 spiro atoms. The zero-order valence-corrected chi connectivity index (χ0v) is 16.5. The molecule has 1 saturated heterocycles. The van der Waals surface area contributed by atoms with Gasteiger partial charge in [-0.2, -0.15) is 0 Å². The molecule has 2 heterocycles. The molecule has 2 fully saturated rings. The van der Waals surface area contributed by atoms with Crippen LogP contribution in [0.15, 0.2) is 5.38 Å². The molecule has 0 bridgehead atoms. The van der Waals surface area contributed by atoms with Gasteiger partial charge in [-0.25, -0.2) is 4.79 Å². The van der Waals surface area contributed by atoms with Gasteiger partial charge in [0.15, 0.2) is 0 Å². The number of amides is 2. The molecule has 0 aromatic carbocycles. The summed E-state index contributed by atoms with van der Waals surface area (Å²) in [6.07, 6.45) is 2.85. The summed E-state index contributed by atoms with van der Waals surface area (Å²) in [6.45, 7) is 10.2. The third-order valence-corrected chi connectivity index (χ3v) is 6.22. The Hall–Kier alpha value is -1.56. The fourth-order valence-electron chi connectivity index (χ4n) is 4.11. The number of rotatable bonds is 2. The van der Waals surface area contributed by atoms with Crippen LogP contribution < -0.4 is 5.32 Å². The zero-order chi connectivity index (χ0) is 18.4. The second-order valence-corrected chi connectivity index (χ2v) is 9.36. The number of carbonyl (C=O) groups excluding carboxylic acids is 2. The highest BCUT2D eigenvalue weighted by Gasteiger charge is 2.50. The number of nitrogens with zero attached hydrogens (tertiary/aromatic N) is 1. The molecule has 1 aliphatic heterocycles. The van der Waals surface area contributed by atoms with Crippen molar-refractivity contribution >= 4 is 29.0 Å². The van der Waals surface area contributed by atoms with E-state index in [-0.39, 0.29) is 17.9 Å². The predicted molar refractivity (Wildman–Crippen MR) is 100.0 cm³/mol. The second-order valence-electron chi connectivity index (χ2n) is 8.27. The molecule has 1 aromatic heterocycles. The third-order valence-electron chi connectivity index (χ3n) is 5.19. The van der Waals surface area contributed by atoms with E-state index in [0.29, 0.717) is 12.5 Å². The van der Waals surface area contributed by atoms with Gasteiger partial charge in [-0.15, -0.1) is 11.3 Å². The number of ether oxygens (including phenoxy) is 1. The van der Waals surface area contributed by atoms with E-state index in [9.17, 15) is 9.59 Å². The van der Waals surface area contributed by atoms with Crippen LogP contribution in [0.2, 0.25) is 0 Å². The van der Waals surface area contributed by atoms with E-state index in [1.54, 1.807) is 16.2 Å². The molecule has 3 atom stereocenters. The minimum Gasteiger partial charge on any atom is -0.444 e. The maximum atomic E-state index is 13.1. The van der Waals surface area contributed by atoms with Crippen molar-refractivity contribution in [3.05, 3.63) is 15.8 Å². The van der Waals surface area contributed by atoms with Crippen molar-refractivity contribution in [1.29, 1.82) is 0 Å². The van der Waals surface area contributed by atoms with Crippen LogP contribution in [0, 0.1) is 25.7 Å². The minimum absolute atomic E-state index is 0.0788. The molecule has 6 heteroatoms. The van der Waals surface area contributed by atoms with E-state index >= 15 is 0 Å². The highest BCUT2D eigenvalue weighted by molar-refractivity contribution is 7.10. The van der Waals surface area contributed by atoms with Gasteiger partial charge in [-0.1, -0.05) is 6.42 Å². The van der Waals surface area contributed by atoms with E-state index in [4.69, 9.17) is 4.74 Å². The SMILES string of the molecule is Cc1csc(C)c1NC(=O)C1C2CCCC2CN1C(=O)OC(C)(C)C. The quantitative estimate of drug-likeness (QED) is 0.849. The van der Waals surface area contributed by atoms with Crippen molar-refractivity contribution in [3.63, 3.8) is 0 Å². The number of fused-ring (bicyclic) bond motifs is 1. The Bertz CT molecular complexity index is 657. The maximum Gasteiger partial charge on any atom is 0.410 e. The zero-order valence-electron chi connectivity index (χ0n) is 15.7. The number of hydrogen-bond donors (Lipinski definition) is 1. The summed E-state index contributed by atoms with van der Waals surface area (Å²) in [6, 6.07) is -0.430. The first kappa shape index (κ1) is 18.2. The van der Waals surface area contributed by atoms with E-state index in [1.165, 1.54) is 0 Å². The molecule has 1 aromatic rings. The Morgan fingerprint density at radius 1 is 1.28 bits per heavy atom. The van der Waals surface area contributed by atoms with Crippen LogP contribution in [-0.4, -0.2) is 35.1 Å². The molecular weight excluding hydrogens is 336 g/mol. The lowest BCUT2D eigenvalue weighted by Crippen LogP contribution is -2.47. The Balaban J connectivity index is 1.81. The molecular formula is C19H28N2O3S. The normalized spacial score (nSPS) is 25.8. The number of likely N-dealkylation sites (tertiary alicyclic amines) is 1. The number of carbonyl (C=O) groups is 2. The topological polar surface area (TPSA) is 58.6 Å². The molecule has 138 valence electrons. The average molecular weight is 365 g/mol. The number of nitrogens with one attached hydrogen (secondary N) is 1. The molecule has 25 heavy (non-hydrogen) atoms. The Kier molecular flexibility index (Phi) is 4.84. The molecule has 1 aliphatic carbocycles. The van der Waals surface area contributed by atoms with Crippen molar-refractivity contribution in [2.75, 3.05) is 11.9 Å². The van der Waals surface area contributed by atoms with E-state index < -0.39 is 11.6 Å².